The molecule has 0 spiro atoms. The number of hydrogen-bond donors (Lipinski definition) is 0. The zero-order valence-corrected chi connectivity index (χ0v) is 39.1. The van der Waals surface area contributed by atoms with E-state index in [9.17, 15) is 0 Å². The maximum Gasteiger partial charge on any atom is 0.0543 e. The molecule has 0 atom stereocenters. The normalized spacial score (nSPS) is 21.6. The van der Waals surface area contributed by atoms with E-state index in [4.69, 9.17) is 0 Å². The molecule has 67 heavy (non-hydrogen) atoms. The molecule has 0 heterocycles. The highest BCUT2D eigenvalue weighted by Gasteiger charge is 2.51. The van der Waals surface area contributed by atoms with Crippen molar-refractivity contribution in [3.05, 3.63) is 227 Å². The van der Waals surface area contributed by atoms with Crippen LogP contribution in [-0.4, -0.2) is 0 Å². The summed E-state index contributed by atoms with van der Waals surface area (Å²) in [5, 5.41) is 0. The predicted molar refractivity (Wildman–Crippen MR) is 280 cm³/mol. The largest absolute Gasteiger partial charge is 0.310 e. The molecule has 0 saturated heterocycles. The Morgan fingerprint density at radius 2 is 0.896 bits per heavy atom. The summed E-state index contributed by atoms with van der Waals surface area (Å²) >= 11 is 0. The van der Waals surface area contributed by atoms with E-state index in [2.05, 4.69) is 212 Å². The van der Waals surface area contributed by atoms with Crippen molar-refractivity contribution in [2.24, 2.45) is 17.8 Å². The molecular weight excluding hydrogens is 809 g/mol. The Bertz CT molecular complexity index is 3050. The molecule has 0 unspecified atom stereocenters. The van der Waals surface area contributed by atoms with Gasteiger partial charge >= 0.3 is 0 Å². The highest BCUT2D eigenvalue weighted by molar-refractivity contribution is 5.95. The number of fused-ring (bicyclic) bond motifs is 3. The third-order valence-corrected chi connectivity index (χ3v) is 17.0. The molecule has 4 saturated carbocycles. The lowest BCUT2D eigenvalue weighted by Gasteiger charge is -2.57. The predicted octanol–water partition coefficient (Wildman–Crippen LogP) is 17.0. The molecule has 9 aliphatic rings. The summed E-state index contributed by atoms with van der Waals surface area (Å²) in [6, 6.07) is 72.1. The molecule has 0 aromatic heterocycles. The average Bonchev–Trinajstić information content (AvgIpc) is 3.58. The van der Waals surface area contributed by atoms with Gasteiger partial charge in [-0.2, -0.15) is 0 Å². The zero-order chi connectivity index (χ0) is 44.7. The summed E-state index contributed by atoms with van der Waals surface area (Å²) in [7, 11) is 0. The second-order valence-electron chi connectivity index (χ2n) is 21.5. The third-order valence-electron chi connectivity index (χ3n) is 17.0. The maximum atomic E-state index is 2.68. The van der Waals surface area contributed by atoms with E-state index in [1.54, 1.807) is 5.56 Å². The molecule has 8 bridgehead atoms. The molecule has 8 aromatic carbocycles. The molecule has 330 valence electrons. The van der Waals surface area contributed by atoms with Gasteiger partial charge in [0.15, 0.2) is 0 Å². The monoisotopic (exact) mass is 868 g/mol. The van der Waals surface area contributed by atoms with Crippen LogP contribution in [0.5, 0.6) is 0 Å². The first-order valence-electron chi connectivity index (χ1n) is 25.3. The highest BCUT2D eigenvalue weighted by Crippen LogP contribution is 2.61. The van der Waals surface area contributed by atoms with Crippen molar-refractivity contribution in [2.45, 2.75) is 88.9 Å². The lowest BCUT2D eigenvalue weighted by atomic mass is 9.48. The molecule has 0 aliphatic heterocycles. The minimum atomic E-state index is -0.136. The number of aryl methyl sites for hydroxylation is 4. The van der Waals surface area contributed by atoms with E-state index >= 15 is 0 Å². The Morgan fingerprint density at radius 3 is 1.48 bits per heavy atom. The Hall–Kier alpha value is -6.64. The van der Waals surface area contributed by atoms with Crippen molar-refractivity contribution in [3.63, 3.8) is 0 Å². The number of rotatable bonds is 8. The van der Waals surface area contributed by atoms with Crippen LogP contribution in [-0.2, 0) is 36.5 Å². The summed E-state index contributed by atoms with van der Waals surface area (Å²) < 4.78 is 0. The van der Waals surface area contributed by atoms with Crippen molar-refractivity contribution in [1.29, 1.82) is 0 Å². The lowest BCUT2D eigenvalue weighted by molar-refractivity contribution is -0.00518. The first kappa shape index (κ1) is 40.6. The molecule has 17 rings (SSSR count). The van der Waals surface area contributed by atoms with Crippen molar-refractivity contribution in [1.82, 2.24) is 0 Å². The highest BCUT2D eigenvalue weighted by atomic mass is 15.2. The SMILES string of the molecule is CC1(C)c2ccccc2-c2cc(-c3ccccc3)c(N(c3ccc(C45CC6CC(CC(C6)C4)C5)cc3)c3cc4ccc3CCc3ccc(c(N(c5ccccc5)c5ccccc5)c3)CC4)cc21. The van der Waals surface area contributed by atoms with Gasteiger partial charge in [-0.05, 0) is 204 Å². The summed E-state index contributed by atoms with van der Waals surface area (Å²) in [6.07, 6.45) is 12.3. The van der Waals surface area contributed by atoms with Crippen molar-refractivity contribution in [3.8, 4) is 22.3 Å². The summed E-state index contributed by atoms with van der Waals surface area (Å²) in [5.41, 5.74) is 22.8. The van der Waals surface area contributed by atoms with Gasteiger partial charge in [0.1, 0.15) is 0 Å². The van der Waals surface area contributed by atoms with Crippen LogP contribution in [0.4, 0.5) is 34.1 Å². The molecule has 2 nitrogen and oxygen atoms in total. The van der Waals surface area contributed by atoms with Crippen molar-refractivity contribution >= 4 is 34.1 Å². The topological polar surface area (TPSA) is 6.48 Å². The van der Waals surface area contributed by atoms with Crippen LogP contribution in [0.2, 0.25) is 0 Å². The molecule has 2 heteroatoms. The second kappa shape index (κ2) is 16.0. The molecule has 0 N–H and O–H groups in total. The van der Waals surface area contributed by atoms with Gasteiger partial charge in [-0.1, -0.05) is 141 Å². The lowest BCUT2D eigenvalue weighted by Crippen LogP contribution is -2.48. The quantitative estimate of drug-likeness (QED) is 0.150. The number of nitrogens with zero attached hydrogens (tertiary/aromatic N) is 2. The van der Waals surface area contributed by atoms with Crippen LogP contribution < -0.4 is 9.80 Å². The average molecular weight is 869 g/mol. The van der Waals surface area contributed by atoms with Gasteiger partial charge in [-0.3, -0.25) is 0 Å². The van der Waals surface area contributed by atoms with E-state index in [-0.39, 0.29) is 5.41 Å². The fraction of sp³-hybridized carbons (Fsp3) is 0.262. The fourth-order valence-corrected chi connectivity index (χ4v) is 14.1. The second-order valence-corrected chi connectivity index (χ2v) is 21.5. The summed E-state index contributed by atoms with van der Waals surface area (Å²) in [4.78, 5) is 5.14. The van der Waals surface area contributed by atoms with Crippen molar-refractivity contribution in [2.75, 3.05) is 9.80 Å². The fourth-order valence-electron chi connectivity index (χ4n) is 14.1. The van der Waals surface area contributed by atoms with Crippen LogP contribution in [0, 0.1) is 17.8 Å². The van der Waals surface area contributed by atoms with E-state index in [0.717, 1.165) is 43.4 Å². The maximum absolute atomic E-state index is 2.68. The van der Waals surface area contributed by atoms with Gasteiger partial charge in [0.25, 0.3) is 0 Å². The van der Waals surface area contributed by atoms with Gasteiger partial charge in [-0.15, -0.1) is 0 Å². The van der Waals surface area contributed by atoms with Gasteiger partial charge in [-0.25, -0.2) is 0 Å². The van der Waals surface area contributed by atoms with Gasteiger partial charge in [0.05, 0.1) is 5.69 Å². The smallest absolute Gasteiger partial charge is 0.0543 e. The minimum absolute atomic E-state index is 0.136. The third kappa shape index (κ3) is 6.97. The number of para-hydroxylation sites is 2. The Balaban J connectivity index is 0.969. The molecule has 0 amide bonds. The Labute approximate surface area is 398 Å². The first-order valence-corrected chi connectivity index (χ1v) is 25.3. The van der Waals surface area contributed by atoms with E-state index < -0.39 is 0 Å². The Kier molecular flexibility index (Phi) is 9.71. The van der Waals surface area contributed by atoms with Crippen LogP contribution in [0.1, 0.15) is 91.3 Å². The van der Waals surface area contributed by atoms with Gasteiger partial charge in [0, 0.05) is 39.4 Å². The van der Waals surface area contributed by atoms with Crippen LogP contribution in [0.3, 0.4) is 0 Å². The van der Waals surface area contributed by atoms with E-state index in [0.29, 0.717) is 5.41 Å². The minimum Gasteiger partial charge on any atom is -0.310 e. The Morgan fingerprint density at radius 1 is 0.388 bits per heavy atom. The van der Waals surface area contributed by atoms with Gasteiger partial charge in [0.2, 0.25) is 0 Å². The number of benzene rings is 8. The number of hydrogen-bond acceptors (Lipinski definition) is 2. The van der Waals surface area contributed by atoms with E-state index in [1.165, 1.54) is 128 Å². The molecule has 4 fully saturated rings. The summed E-state index contributed by atoms with van der Waals surface area (Å²) in [6.45, 7) is 4.85. The first-order chi connectivity index (χ1) is 32.9. The molecular formula is C65H60N2. The van der Waals surface area contributed by atoms with Gasteiger partial charge < -0.3 is 9.80 Å². The van der Waals surface area contributed by atoms with Crippen molar-refractivity contribution < 1.29 is 0 Å². The number of anilines is 6. The molecule has 9 aliphatic carbocycles. The van der Waals surface area contributed by atoms with Crippen LogP contribution in [0.15, 0.2) is 188 Å². The van der Waals surface area contributed by atoms with Crippen LogP contribution in [0.25, 0.3) is 22.3 Å². The zero-order valence-electron chi connectivity index (χ0n) is 39.1. The summed E-state index contributed by atoms with van der Waals surface area (Å²) in [5.74, 6) is 2.75. The van der Waals surface area contributed by atoms with Crippen LogP contribution >= 0.6 is 0 Å². The molecule has 0 radical (unpaired) electrons. The molecule has 8 aromatic rings. The standard InChI is InChI=1S/C65H60N2/c1-64(2)59-21-13-12-20-56(59)58-39-57(49-14-6-3-7-15-49)63(40-60(58)64)67(55-32-30-52(31-33-55)65-41-46-34-47(42-65)36-48(35-46)43-65)62-38-45-23-27-50-26-22-44(24-28-51(62)29-25-45)37-61(50)66(53-16-8-4-9-17-53)54-18-10-5-11-19-54/h3-22,25-26,29-33,37-40,46-48H,23-24,27-28,34-36,41-43H2,1-2H3. The van der Waals surface area contributed by atoms with E-state index in [1.807, 2.05) is 0 Å².